The minimum absolute atomic E-state index is 0.635. The Balaban J connectivity index is 2.24. The molecule has 0 saturated heterocycles. The van der Waals surface area contributed by atoms with Gasteiger partial charge in [-0.1, -0.05) is 38.9 Å². The summed E-state index contributed by atoms with van der Waals surface area (Å²) in [6.45, 7) is 0. The first-order valence-electron chi connectivity index (χ1n) is 3.86. The van der Waals surface area contributed by atoms with E-state index in [1.807, 2.05) is 18.2 Å². The zero-order chi connectivity index (χ0) is 10.8. The van der Waals surface area contributed by atoms with Crippen LogP contribution >= 0.6 is 54.8 Å². The minimum atomic E-state index is 0.635. The summed E-state index contributed by atoms with van der Waals surface area (Å²) >= 11 is 14.0. The molecule has 0 aliphatic carbocycles. The van der Waals surface area contributed by atoms with E-state index in [4.69, 9.17) is 11.6 Å². The van der Waals surface area contributed by atoms with Crippen molar-refractivity contribution in [1.29, 1.82) is 0 Å². The largest absolute Gasteiger partial charge is 0.329 e. The molecule has 3 nitrogen and oxygen atoms in total. The fraction of sp³-hybridized carbons (Fsp3) is 0. The molecular weight excluding hydrogens is 365 g/mol. The predicted octanol–water partition coefficient (Wildman–Crippen LogP) is 4.46. The van der Waals surface area contributed by atoms with E-state index < -0.39 is 0 Å². The molecule has 1 aromatic carbocycles. The molecule has 0 amide bonds. The van der Waals surface area contributed by atoms with Gasteiger partial charge in [-0.3, -0.25) is 0 Å². The monoisotopic (exact) mass is 367 g/mol. The third-order valence-electron chi connectivity index (χ3n) is 1.57. The molecule has 1 aromatic heterocycles. The van der Waals surface area contributed by atoms with E-state index in [-0.39, 0.29) is 0 Å². The lowest BCUT2D eigenvalue weighted by molar-refractivity contribution is 1.07. The zero-order valence-corrected chi connectivity index (χ0v) is 11.9. The smallest absolute Gasteiger partial charge is 0.210 e. The normalized spacial score (nSPS) is 10.3. The summed E-state index contributed by atoms with van der Waals surface area (Å²) in [5.74, 6) is 0. The summed E-state index contributed by atoms with van der Waals surface area (Å²) in [6, 6.07) is 5.60. The van der Waals surface area contributed by atoms with Crippen molar-refractivity contribution in [3.63, 3.8) is 0 Å². The molecule has 15 heavy (non-hydrogen) atoms. The fourth-order valence-electron chi connectivity index (χ4n) is 0.962. The van der Waals surface area contributed by atoms with Crippen molar-refractivity contribution < 1.29 is 0 Å². The van der Waals surface area contributed by atoms with Crippen LogP contribution in [0.25, 0.3) is 0 Å². The Bertz CT molecular complexity index is 488. The Morgan fingerprint density at radius 3 is 2.67 bits per heavy atom. The average Bonchev–Trinajstić information content (AvgIpc) is 2.56. The van der Waals surface area contributed by atoms with Crippen molar-refractivity contribution in [2.24, 2.45) is 0 Å². The summed E-state index contributed by atoms with van der Waals surface area (Å²) in [5.41, 5.74) is 0.809. The molecule has 0 bridgehead atoms. The Labute approximate surface area is 112 Å². The second-order valence-electron chi connectivity index (χ2n) is 2.61. The summed E-state index contributed by atoms with van der Waals surface area (Å²) in [4.78, 5) is 0. The van der Waals surface area contributed by atoms with Gasteiger partial charge in [-0.2, -0.15) is 0 Å². The molecule has 7 heteroatoms. The van der Waals surface area contributed by atoms with Crippen LogP contribution in [0.2, 0.25) is 5.02 Å². The number of rotatable bonds is 2. The summed E-state index contributed by atoms with van der Waals surface area (Å²) in [7, 11) is 0. The highest BCUT2D eigenvalue weighted by Crippen LogP contribution is 2.30. The van der Waals surface area contributed by atoms with Crippen LogP contribution in [0.4, 0.5) is 10.8 Å². The van der Waals surface area contributed by atoms with Gasteiger partial charge < -0.3 is 5.32 Å². The average molecular weight is 369 g/mol. The Kier molecular flexibility index (Phi) is 3.60. The highest BCUT2D eigenvalue weighted by atomic mass is 79.9. The number of anilines is 2. The van der Waals surface area contributed by atoms with Crippen molar-refractivity contribution >= 4 is 65.6 Å². The maximum absolute atomic E-state index is 6.04. The topological polar surface area (TPSA) is 37.8 Å². The number of nitrogens with one attached hydrogen (secondary N) is 1. The van der Waals surface area contributed by atoms with Crippen LogP contribution in [0.5, 0.6) is 0 Å². The second-order valence-corrected chi connectivity index (χ2v) is 6.19. The zero-order valence-electron chi connectivity index (χ0n) is 7.17. The van der Waals surface area contributed by atoms with Crippen LogP contribution in [0.3, 0.4) is 0 Å². The first kappa shape index (κ1) is 11.3. The highest BCUT2D eigenvalue weighted by Gasteiger charge is 2.05. The van der Waals surface area contributed by atoms with Gasteiger partial charge >= 0.3 is 0 Å². The molecule has 0 aliphatic rings. The third kappa shape index (κ3) is 2.90. The molecule has 0 radical (unpaired) electrons. The maximum atomic E-state index is 6.04. The number of nitrogens with zero attached hydrogens (tertiary/aromatic N) is 2. The fourth-order valence-corrected chi connectivity index (χ4v) is 2.71. The van der Waals surface area contributed by atoms with Gasteiger partial charge in [0.25, 0.3) is 0 Å². The lowest BCUT2D eigenvalue weighted by atomic mass is 10.3. The van der Waals surface area contributed by atoms with Crippen LogP contribution in [0.1, 0.15) is 0 Å². The van der Waals surface area contributed by atoms with Crippen molar-refractivity contribution in [2.45, 2.75) is 0 Å². The first-order chi connectivity index (χ1) is 7.15. The molecule has 1 heterocycles. The molecule has 0 spiro atoms. The Hall–Kier alpha value is -0.170. The number of aromatic nitrogens is 2. The van der Waals surface area contributed by atoms with E-state index in [0.29, 0.717) is 10.2 Å². The molecule has 0 saturated carbocycles. The van der Waals surface area contributed by atoms with Crippen LogP contribution in [0, 0.1) is 0 Å². The number of hydrogen-bond donors (Lipinski definition) is 1. The van der Waals surface area contributed by atoms with Crippen LogP contribution in [0.15, 0.2) is 26.6 Å². The highest BCUT2D eigenvalue weighted by molar-refractivity contribution is 9.11. The van der Waals surface area contributed by atoms with Gasteiger partial charge in [0.2, 0.25) is 5.13 Å². The van der Waals surface area contributed by atoms with E-state index in [1.54, 1.807) is 0 Å². The van der Waals surface area contributed by atoms with Gasteiger partial charge in [-0.05, 0) is 34.1 Å². The Morgan fingerprint density at radius 1 is 1.27 bits per heavy atom. The minimum Gasteiger partial charge on any atom is -0.329 e. The maximum Gasteiger partial charge on any atom is 0.210 e. The lowest BCUT2D eigenvalue weighted by Gasteiger charge is -2.04. The third-order valence-corrected chi connectivity index (χ3v) is 3.65. The van der Waals surface area contributed by atoms with E-state index in [2.05, 4.69) is 47.4 Å². The van der Waals surface area contributed by atoms with Gasteiger partial charge in [0.1, 0.15) is 0 Å². The molecule has 0 unspecified atom stereocenters. The molecular formula is C8H4Br2ClN3S. The van der Waals surface area contributed by atoms with Crippen molar-refractivity contribution in [2.75, 3.05) is 5.32 Å². The molecule has 2 aromatic rings. The summed E-state index contributed by atoms with van der Waals surface area (Å²) in [6.07, 6.45) is 0. The van der Waals surface area contributed by atoms with Gasteiger partial charge in [0.15, 0.2) is 3.92 Å². The predicted molar refractivity (Wildman–Crippen MR) is 70.0 cm³/mol. The van der Waals surface area contributed by atoms with E-state index in [0.717, 1.165) is 14.1 Å². The van der Waals surface area contributed by atoms with Gasteiger partial charge in [0, 0.05) is 4.47 Å². The van der Waals surface area contributed by atoms with Gasteiger partial charge in [-0.25, -0.2) is 0 Å². The van der Waals surface area contributed by atoms with Gasteiger partial charge in [-0.15, -0.1) is 10.2 Å². The van der Waals surface area contributed by atoms with Crippen molar-refractivity contribution in [3.8, 4) is 0 Å². The lowest BCUT2D eigenvalue weighted by Crippen LogP contribution is -1.90. The first-order valence-corrected chi connectivity index (χ1v) is 6.64. The molecule has 0 aliphatic heterocycles. The molecule has 2 rings (SSSR count). The number of halogens is 3. The SMILES string of the molecule is Clc1cc(Br)ccc1Nc1nnc(Br)s1. The van der Waals surface area contributed by atoms with E-state index in [1.165, 1.54) is 11.3 Å². The summed E-state index contributed by atoms with van der Waals surface area (Å²) < 4.78 is 1.68. The number of hydrogen-bond acceptors (Lipinski definition) is 4. The quantitative estimate of drug-likeness (QED) is 0.849. The van der Waals surface area contributed by atoms with Gasteiger partial charge in [0.05, 0.1) is 10.7 Å². The Morgan fingerprint density at radius 2 is 2.07 bits per heavy atom. The van der Waals surface area contributed by atoms with Crippen molar-refractivity contribution in [3.05, 3.63) is 31.6 Å². The van der Waals surface area contributed by atoms with Crippen LogP contribution in [-0.2, 0) is 0 Å². The van der Waals surface area contributed by atoms with Crippen molar-refractivity contribution in [1.82, 2.24) is 10.2 Å². The molecule has 0 atom stereocenters. The standard InChI is InChI=1S/C8H4Br2ClN3S/c9-4-1-2-6(5(11)3-4)12-8-14-13-7(10)15-8/h1-3H,(H,12,14). The number of benzene rings is 1. The van der Waals surface area contributed by atoms with E-state index >= 15 is 0 Å². The van der Waals surface area contributed by atoms with Crippen LogP contribution in [-0.4, -0.2) is 10.2 Å². The van der Waals surface area contributed by atoms with E-state index in [9.17, 15) is 0 Å². The van der Waals surface area contributed by atoms with Crippen LogP contribution < -0.4 is 5.32 Å². The molecule has 0 fully saturated rings. The molecule has 78 valence electrons. The second kappa shape index (κ2) is 4.78. The molecule has 1 N–H and O–H groups in total. The summed E-state index contributed by atoms with van der Waals surface area (Å²) in [5, 5.41) is 12.2.